The summed E-state index contributed by atoms with van der Waals surface area (Å²) in [4.78, 5) is 20.5. The first kappa shape index (κ1) is 19.5. The smallest absolute Gasteiger partial charge is 0.324 e. The number of ether oxygens (including phenoxy) is 1. The van der Waals surface area contributed by atoms with Gasteiger partial charge >= 0.3 is 5.97 Å². The maximum atomic E-state index is 13.1. The van der Waals surface area contributed by atoms with Gasteiger partial charge in [-0.25, -0.2) is 18.1 Å². The zero-order valence-corrected chi connectivity index (χ0v) is 17.5. The average molecular weight is 442 g/mol. The van der Waals surface area contributed by atoms with Crippen molar-refractivity contribution in [2.24, 2.45) is 0 Å². The van der Waals surface area contributed by atoms with E-state index in [0.717, 1.165) is 0 Å². The zero-order chi connectivity index (χ0) is 21.8. The fourth-order valence-corrected chi connectivity index (χ4v) is 5.41. The number of nitrogens with zero attached hydrogens (tertiary/aromatic N) is 8. The molecule has 1 saturated heterocycles. The van der Waals surface area contributed by atoms with Crippen LogP contribution in [-0.2, 0) is 19.6 Å². The Kier molecular flexibility index (Phi) is 4.44. The first-order chi connectivity index (χ1) is 14.9. The van der Waals surface area contributed by atoms with Gasteiger partial charge in [0, 0.05) is 6.54 Å². The number of hydrogen-bond donors (Lipinski definition) is 0. The Bertz CT molecular complexity index is 1410. The maximum absolute atomic E-state index is 13.1. The van der Waals surface area contributed by atoms with E-state index in [2.05, 4.69) is 25.3 Å². The molecule has 0 aliphatic carbocycles. The van der Waals surface area contributed by atoms with Crippen LogP contribution in [0.5, 0.6) is 0 Å². The predicted molar refractivity (Wildman–Crippen MR) is 107 cm³/mol. The molecule has 31 heavy (non-hydrogen) atoms. The summed E-state index contributed by atoms with van der Waals surface area (Å²) < 4.78 is 35.0. The van der Waals surface area contributed by atoms with Crippen molar-refractivity contribution in [3.8, 4) is 5.69 Å². The largest absolute Gasteiger partial charge is 0.468 e. The van der Waals surface area contributed by atoms with Crippen LogP contribution in [-0.4, -0.2) is 73.0 Å². The number of carbonyl (C=O) groups is 1. The molecular formula is C18H18N8O4S. The highest BCUT2D eigenvalue weighted by Crippen LogP contribution is 2.28. The lowest BCUT2D eigenvalue weighted by Crippen LogP contribution is -2.41. The second-order valence-electron chi connectivity index (χ2n) is 7.12. The van der Waals surface area contributed by atoms with Crippen molar-refractivity contribution in [1.82, 2.24) is 38.9 Å². The molecule has 1 aliphatic heterocycles. The van der Waals surface area contributed by atoms with Gasteiger partial charge in [0.25, 0.3) is 5.78 Å². The normalized spacial score (nSPS) is 17.5. The summed E-state index contributed by atoms with van der Waals surface area (Å²) in [5.41, 5.74) is 2.31. The second-order valence-corrected chi connectivity index (χ2v) is 9.01. The molecule has 0 N–H and O–H groups in total. The molecule has 1 aliphatic rings. The molecule has 0 radical (unpaired) electrons. The molecule has 3 aromatic heterocycles. The number of carbonyl (C=O) groups excluding carboxylic acids is 1. The van der Waals surface area contributed by atoms with E-state index in [0.29, 0.717) is 41.2 Å². The van der Waals surface area contributed by atoms with E-state index in [1.165, 1.54) is 34.5 Å². The number of fused-ring (bicyclic) bond motifs is 2. The number of benzene rings is 1. The van der Waals surface area contributed by atoms with E-state index in [1.54, 1.807) is 23.7 Å². The summed E-state index contributed by atoms with van der Waals surface area (Å²) in [5.74, 6) is -0.184. The zero-order valence-electron chi connectivity index (χ0n) is 16.7. The van der Waals surface area contributed by atoms with Gasteiger partial charge in [0.2, 0.25) is 15.7 Å². The van der Waals surface area contributed by atoms with Gasteiger partial charge in [-0.3, -0.25) is 4.79 Å². The monoisotopic (exact) mass is 442 g/mol. The quantitative estimate of drug-likeness (QED) is 0.413. The lowest BCUT2D eigenvalue weighted by atomic mass is 10.2. The molecule has 5 rings (SSSR count). The van der Waals surface area contributed by atoms with Gasteiger partial charge in [0.05, 0.1) is 23.4 Å². The van der Waals surface area contributed by atoms with E-state index in [1.807, 2.05) is 0 Å². The van der Waals surface area contributed by atoms with Crippen LogP contribution >= 0.6 is 0 Å². The van der Waals surface area contributed by atoms with Crippen molar-refractivity contribution in [3.05, 3.63) is 36.3 Å². The van der Waals surface area contributed by atoms with E-state index in [9.17, 15) is 13.2 Å². The van der Waals surface area contributed by atoms with Crippen LogP contribution in [0.2, 0.25) is 0 Å². The second kappa shape index (κ2) is 7.06. The molecule has 0 bridgehead atoms. The Balaban J connectivity index is 1.52. The highest BCUT2D eigenvalue weighted by Gasteiger charge is 2.40. The number of esters is 1. The molecule has 1 atom stereocenters. The van der Waals surface area contributed by atoms with Crippen molar-refractivity contribution < 1.29 is 17.9 Å². The fraction of sp³-hybridized carbons (Fsp3) is 0.333. The summed E-state index contributed by atoms with van der Waals surface area (Å²) in [6, 6.07) is 5.45. The number of methoxy groups -OCH3 is 1. The van der Waals surface area contributed by atoms with Gasteiger partial charge in [-0.2, -0.15) is 14.4 Å². The molecule has 4 heterocycles. The Morgan fingerprint density at radius 1 is 1.19 bits per heavy atom. The molecule has 0 spiro atoms. The molecular weight excluding hydrogens is 424 g/mol. The fourth-order valence-electron chi connectivity index (χ4n) is 3.77. The third-order valence-electron chi connectivity index (χ3n) is 5.28. The van der Waals surface area contributed by atoms with Crippen LogP contribution in [0.3, 0.4) is 0 Å². The average Bonchev–Trinajstić information content (AvgIpc) is 3.51. The summed E-state index contributed by atoms with van der Waals surface area (Å²) in [6.07, 6.45) is 2.41. The number of aryl methyl sites for hydroxylation is 1. The van der Waals surface area contributed by atoms with Gasteiger partial charge in [-0.05, 0) is 44.0 Å². The Morgan fingerprint density at radius 2 is 1.97 bits per heavy atom. The summed E-state index contributed by atoms with van der Waals surface area (Å²) >= 11 is 0. The lowest BCUT2D eigenvalue weighted by Gasteiger charge is -2.22. The number of rotatable bonds is 4. The van der Waals surface area contributed by atoms with E-state index < -0.39 is 22.0 Å². The van der Waals surface area contributed by atoms with Crippen LogP contribution in [0.25, 0.3) is 22.6 Å². The number of aromatic nitrogens is 7. The van der Waals surface area contributed by atoms with Gasteiger partial charge in [-0.1, -0.05) is 0 Å². The highest BCUT2D eigenvalue weighted by atomic mass is 32.2. The van der Waals surface area contributed by atoms with E-state index >= 15 is 0 Å². The van der Waals surface area contributed by atoms with Crippen LogP contribution in [0.4, 0.5) is 0 Å². The van der Waals surface area contributed by atoms with Crippen molar-refractivity contribution in [3.63, 3.8) is 0 Å². The van der Waals surface area contributed by atoms with Crippen LogP contribution in [0, 0.1) is 6.92 Å². The van der Waals surface area contributed by atoms with Crippen LogP contribution in [0.15, 0.2) is 35.5 Å². The van der Waals surface area contributed by atoms with Crippen molar-refractivity contribution in [2.75, 3.05) is 13.7 Å². The van der Waals surface area contributed by atoms with Gasteiger partial charge in [0.15, 0.2) is 0 Å². The maximum Gasteiger partial charge on any atom is 0.324 e. The highest BCUT2D eigenvalue weighted by molar-refractivity contribution is 7.89. The predicted octanol–water partition coefficient (Wildman–Crippen LogP) is 0.493. The molecule has 1 unspecified atom stereocenters. The third-order valence-corrected chi connectivity index (χ3v) is 7.21. The van der Waals surface area contributed by atoms with Gasteiger partial charge < -0.3 is 4.74 Å². The summed E-state index contributed by atoms with van der Waals surface area (Å²) in [6.45, 7) is 2.08. The minimum atomic E-state index is -3.85. The van der Waals surface area contributed by atoms with Crippen molar-refractivity contribution >= 4 is 32.9 Å². The molecule has 1 aromatic carbocycles. The number of hydrogen-bond acceptors (Lipinski definition) is 9. The topological polar surface area (TPSA) is 137 Å². The molecule has 4 aromatic rings. The SMILES string of the molecule is COC(=O)C1CCCN1S(=O)(=O)c1ccc(-n2nc(C)c3nc4ncnn4nc32)cc1. The number of sulfonamides is 1. The first-order valence-electron chi connectivity index (χ1n) is 9.53. The standard InChI is InChI=1S/C18H18N8O4S/c1-11-15-16(23-26-18(21-15)19-10-20-26)25(22-11)12-5-7-13(8-6-12)31(28,29)24-9-3-4-14(24)17(27)30-2/h5-8,10,14H,3-4,9H2,1-2H3. The molecule has 1 fully saturated rings. The molecule has 13 heteroatoms. The van der Waals surface area contributed by atoms with Gasteiger partial charge in [-0.15, -0.1) is 14.8 Å². The molecule has 12 nitrogen and oxygen atoms in total. The Morgan fingerprint density at radius 3 is 2.71 bits per heavy atom. The van der Waals surface area contributed by atoms with Crippen LogP contribution in [0.1, 0.15) is 18.5 Å². The first-order valence-corrected chi connectivity index (χ1v) is 11.0. The Hall–Kier alpha value is -3.45. The van der Waals surface area contributed by atoms with Crippen LogP contribution < -0.4 is 0 Å². The summed E-state index contributed by atoms with van der Waals surface area (Å²) in [7, 11) is -2.59. The molecule has 160 valence electrons. The van der Waals surface area contributed by atoms with Gasteiger partial charge in [0.1, 0.15) is 17.9 Å². The van der Waals surface area contributed by atoms with Crippen molar-refractivity contribution in [2.45, 2.75) is 30.7 Å². The van der Waals surface area contributed by atoms with Crippen molar-refractivity contribution in [1.29, 1.82) is 0 Å². The lowest BCUT2D eigenvalue weighted by molar-refractivity contribution is -0.144. The summed E-state index contributed by atoms with van der Waals surface area (Å²) in [5, 5.41) is 12.9. The third kappa shape index (κ3) is 3.04. The molecule has 0 amide bonds. The Labute approximate surface area is 176 Å². The minimum Gasteiger partial charge on any atom is -0.468 e. The van der Waals surface area contributed by atoms with E-state index in [4.69, 9.17) is 4.74 Å². The minimum absolute atomic E-state index is 0.0880. The molecule has 0 saturated carbocycles. The van der Waals surface area contributed by atoms with E-state index in [-0.39, 0.29) is 11.4 Å².